The largest absolute Gasteiger partial charge is 0.464 e. The quantitative estimate of drug-likeness (QED) is 0.692. The molecule has 1 aliphatic carbocycles. The Morgan fingerprint density at radius 3 is 2.54 bits per heavy atom. The van der Waals surface area contributed by atoms with Gasteiger partial charge in [0.1, 0.15) is 0 Å². The SMILES string of the molecule is O=C(O)N(S)CCC1CCCCC1. The monoisotopic (exact) mass is 203 g/mol. The lowest BCUT2D eigenvalue weighted by Crippen LogP contribution is -2.22. The Balaban J connectivity index is 2.13. The standard InChI is InChI=1S/C9H17NO2S/c11-9(12)10(13)7-6-8-4-2-1-3-5-8/h8,13H,1-7H2,(H,11,12). The molecule has 1 aliphatic rings. The molecule has 4 heteroatoms. The third-order valence-corrected chi connectivity index (χ3v) is 3.07. The number of nitrogens with zero attached hydrogens (tertiary/aromatic N) is 1. The van der Waals surface area contributed by atoms with Gasteiger partial charge < -0.3 is 5.11 Å². The third kappa shape index (κ3) is 3.89. The van der Waals surface area contributed by atoms with Crippen molar-refractivity contribution in [3.63, 3.8) is 0 Å². The van der Waals surface area contributed by atoms with Gasteiger partial charge in [-0.2, -0.15) is 0 Å². The molecule has 0 aromatic carbocycles. The molecule has 0 atom stereocenters. The normalized spacial score (nSPS) is 18.5. The van der Waals surface area contributed by atoms with E-state index >= 15 is 0 Å². The molecule has 76 valence electrons. The van der Waals surface area contributed by atoms with Crippen LogP contribution in [-0.4, -0.2) is 22.0 Å². The first-order valence-corrected chi connectivity index (χ1v) is 5.29. The van der Waals surface area contributed by atoms with Crippen molar-refractivity contribution < 1.29 is 9.90 Å². The van der Waals surface area contributed by atoms with E-state index in [-0.39, 0.29) is 0 Å². The summed E-state index contributed by atoms with van der Waals surface area (Å²) in [5, 5.41) is 8.56. The van der Waals surface area contributed by atoms with Crippen molar-refractivity contribution in [2.75, 3.05) is 6.54 Å². The van der Waals surface area contributed by atoms with Crippen LogP contribution in [0.3, 0.4) is 0 Å². The average Bonchev–Trinajstić information content (AvgIpc) is 2.15. The average molecular weight is 203 g/mol. The number of carboxylic acid groups (broad SMARTS) is 1. The van der Waals surface area contributed by atoms with E-state index in [1.807, 2.05) is 0 Å². The minimum absolute atomic E-state index is 0.559. The second-order valence-electron chi connectivity index (χ2n) is 3.70. The van der Waals surface area contributed by atoms with Gasteiger partial charge in [-0.25, -0.2) is 4.79 Å². The van der Waals surface area contributed by atoms with Crippen LogP contribution in [0.2, 0.25) is 0 Å². The molecule has 1 amide bonds. The van der Waals surface area contributed by atoms with E-state index in [4.69, 9.17) is 5.11 Å². The lowest BCUT2D eigenvalue weighted by Gasteiger charge is -2.22. The second-order valence-corrected chi connectivity index (χ2v) is 4.18. The van der Waals surface area contributed by atoms with Gasteiger partial charge in [-0.1, -0.05) is 44.9 Å². The molecule has 0 saturated heterocycles. The Kier molecular flexibility index (Phi) is 4.42. The molecule has 1 N–H and O–H groups in total. The van der Waals surface area contributed by atoms with Gasteiger partial charge >= 0.3 is 6.09 Å². The first-order chi connectivity index (χ1) is 6.20. The molecule has 13 heavy (non-hydrogen) atoms. The van der Waals surface area contributed by atoms with Crippen molar-refractivity contribution in [3.8, 4) is 0 Å². The van der Waals surface area contributed by atoms with Crippen molar-refractivity contribution in [2.24, 2.45) is 5.92 Å². The van der Waals surface area contributed by atoms with E-state index in [0.717, 1.165) is 16.6 Å². The number of hydrogen-bond donors (Lipinski definition) is 2. The first-order valence-electron chi connectivity index (χ1n) is 4.89. The molecule has 0 radical (unpaired) electrons. The summed E-state index contributed by atoms with van der Waals surface area (Å²) in [4.78, 5) is 10.4. The highest BCUT2D eigenvalue weighted by Crippen LogP contribution is 2.26. The van der Waals surface area contributed by atoms with Gasteiger partial charge in [-0.05, 0) is 12.3 Å². The van der Waals surface area contributed by atoms with Crippen molar-refractivity contribution in [3.05, 3.63) is 0 Å². The highest BCUT2D eigenvalue weighted by molar-refractivity contribution is 7.78. The van der Waals surface area contributed by atoms with E-state index in [0.29, 0.717) is 6.54 Å². The Bertz CT molecular complexity index is 169. The highest BCUT2D eigenvalue weighted by atomic mass is 32.1. The van der Waals surface area contributed by atoms with Crippen LogP contribution in [0.4, 0.5) is 4.79 Å². The van der Waals surface area contributed by atoms with Crippen LogP contribution in [-0.2, 0) is 0 Å². The van der Waals surface area contributed by atoms with E-state index < -0.39 is 6.09 Å². The minimum Gasteiger partial charge on any atom is -0.464 e. The molecular formula is C9H17NO2S. The van der Waals surface area contributed by atoms with Gasteiger partial charge in [0.2, 0.25) is 0 Å². The molecule has 0 aromatic rings. The lowest BCUT2D eigenvalue weighted by molar-refractivity contribution is 0.173. The summed E-state index contributed by atoms with van der Waals surface area (Å²) in [5.74, 6) is 0.725. The molecule has 1 rings (SSSR count). The maximum absolute atomic E-state index is 10.4. The van der Waals surface area contributed by atoms with Crippen LogP contribution in [0.5, 0.6) is 0 Å². The van der Waals surface area contributed by atoms with Crippen molar-refractivity contribution >= 4 is 18.9 Å². The zero-order valence-electron chi connectivity index (χ0n) is 7.78. The summed E-state index contributed by atoms with van der Waals surface area (Å²) in [6.45, 7) is 0.559. The molecule has 0 spiro atoms. The van der Waals surface area contributed by atoms with Gasteiger partial charge in [0, 0.05) is 6.54 Å². The van der Waals surface area contributed by atoms with Crippen LogP contribution >= 0.6 is 12.8 Å². The van der Waals surface area contributed by atoms with Crippen LogP contribution < -0.4 is 0 Å². The Morgan fingerprint density at radius 2 is 2.00 bits per heavy atom. The Hall–Kier alpha value is -0.380. The number of rotatable bonds is 3. The van der Waals surface area contributed by atoms with E-state index in [1.165, 1.54) is 32.1 Å². The van der Waals surface area contributed by atoms with Crippen LogP contribution in [0.25, 0.3) is 0 Å². The third-order valence-electron chi connectivity index (χ3n) is 2.69. The highest BCUT2D eigenvalue weighted by Gasteiger charge is 2.15. The first kappa shape index (κ1) is 10.7. The fraction of sp³-hybridized carbons (Fsp3) is 0.889. The maximum atomic E-state index is 10.4. The second kappa shape index (κ2) is 5.37. The molecule has 0 heterocycles. The van der Waals surface area contributed by atoms with E-state index in [9.17, 15) is 4.79 Å². The summed E-state index contributed by atoms with van der Waals surface area (Å²) in [6, 6.07) is 0. The predicted molar refractivity (Wildman–Crippen MR) is 54.9 cm³/mol. The Labute approximate surface area is 84.7 Å². The maximum Gasteiger partial charge on any atom is 0.417 e. The van der Waals surface area contributed by atoms with Crippen LogP contribution in [0, 0.1) is 5.92 Å². The van der Waals surface area contributed by atoms with Gasteiger partial charge in [0.15, 0.2) is 0 Å². The van der Waals surface area contributed by atoms with Gasteiger partial charge in [0.25, 0.3) is 0 Å². The molecule has 1 saturated carbocycles. The summed E-state index contributed by atoms with van der Waals surface area (Å²) >= 11 is 3.86. The number of carbonyl (C=O) groups is 1. The zero-order chi connectivity index (χ0) is 9.68. The summed E-state index contributed by atoms with van der Waals surface area (Å²) in [7, 11) is 0. The van der Waals surface area contributed by atoms with E-state index in [2.05, 4.69) is 12.8 Å². The summed E-state index contributed by atoms with van der Waals surface area (Å²) in [6.07, 6.45) is 6.52. The van der Waals surface area contributed by atoms with Gasteiger partial charge in [0.05, 0.1) is 0 Å². The van der Waals surface area contributed by atoms with Crippen LogP contribution in [0.15, 0.2) is 0 Å². The number of amides is 1. The number of hydrogen-bond acceptors (Lipinski definition) is 2. The molecule has 0 unspecified atom stereocenters. The van der Waals surface area contributed by atoms with E-state index in [1.54, 1.807) is 0 Å². The van der Waals surface area contributed by atoms with Crippen molar-refractivity contribution in [2.45, 2.75) is 38.5 Å². The molecular weight excluding hydrogens is 186 g/mol. The minimum atomic E-state index is -0.945. The van der Waals surface area contributed by atoms with Crippen molar-refractivity contribution in [1.29, 1.82) is 0 Å². The predicted octanol–water partition coefficient (Wildman–Crippen LogP) is 2.78. The van der Waals surface area contributed by atoms with Crippen molar-refractivity contribution in [1.82, 2.24) is 4.31 Å². The summed E-state index contributed by atoms with van der Waals surface area (Å²) in [5.41, 5.74) is 0. The Morgan fingerprint density at radius 1 is 1.38 bits per heavy atom. The molecule has 0 aliphatic heterocycles. The fourth-order valence-electron chi connectivity index (χ4n) is 1.88. The molecule has 3 nitrogen and oxygen atoms in total. The topological polar surface area (TPSA) is 40.5 Å². The van der Waals surface area contributed by atoms with Gasteiger partial charge in [-0.3, -0.25) is 4.31 Å². The lowest BCUT2D eigenvalue weighted by atomic mass is 9.87. The zero-order valence-corrected chi connectivity index (χ0v) is 8.67. The molecule has 0 bridgehead atoms. The number of thiol groups is 1. The van der Waals surface area contributed by atoms with Crippen LogP contribution in [0.1, 0.15) is 38.5 Å². The fourth-order valence-corrected chi connectivity index (χ4v) is 1.99. The van der Waals surface area contributed by atoms with Gasteiger partial charge in [-0.15, -0.1) is 0 Å². The molecule has 0 aromatic heterocycles. The smallest absolute Gasteiger partial charge is 0.417 e. The molecule has 1 fully saturated rings. The summed E-state index contributed by atoms with van der Waals surface area (Å²) < 4.78 is 1.08.